The molecule has 0 fully saturated rings. The molecule has 0 aliphatic rings. The van der Waals surface area contributed by atoms with Crippen molar-refractivity contribution in [2.24, 2.45) is 0 Å². The summed E-state index contributed by atoms with van der Waals surface area (Å²) in [4.78, 5) is 10.4. The molecule has 3 heteroatoms. The molecule has 0 amide bonds. The summed E-state index contributed by atoms with van der Waals surface area (Å²) in [5.41, 5.74) is 0. The van der Waals surface area contributed by atoms with E-state index in [4.69, 9.17) is 4.43 Å². The van der Waals surface area contributed by atoms with E-state index in [0.717, 1.165) is 19.1 Å². The van der Waals surface area contributed by atoms with Crippen molar-refractivity contribution in [2.45, 2.75) is 135 Å². The van der Waals surface area contributed by atoms with Crippen LogP contribution in [0.1, 0.15) is 111 Å². The van der Waals surface area contributed by atoms with Crippen LogP contribution in [0.5, 0.6) is 0 Å². The van der Waals surface area contributed by atoms with E-state index < -0.39 is 8.32 Å². The van der Waals surface area contributed by atoms with E-state index in [1.54, 1.807) is 0 Å². The second-order valence-electron chi connectivity index (χ2n) is 9.21. The van der Waals surface area contributed by atoms with Gasteiger partial charge in [0.05, 0.1) is 0 Å². The molecule has 0 spiro atoms. The highest BCUT2D eigenvalue weighted by Gasteiger charge is 2.38. The maximum absolute atomic E-state index is 10.4. The van der Waals surface area contributed by atoms with Gasteiger partial charge in [0.25, 0.3) is 0 Å². The van der Waals surface area contributed by atoms with Crippen molar-refractivity contribution in [1.82, 2.24) is 0 Å². The number of aldehydes is 1. The van der Waals surface area contributed by atoms with E-state index in [0.29, 0.717) is 6.10 Å². The van der Waals surface area contributed by atoms with Crippen molar-refractivity contribution >= 4 is 14.6 Å². The van der Waals surface area contributed by atoms with Crippen LogP contribution in [-0.4, -0.2) is 20.7 Å². The molecule has 0 N–H and O–H groups in total. The quantitative estimate of drug-likeness (QED) is 0.158. The number of carbonyl (C=O) groups is 1. The van der Waals surface area contributed by atoms with Gasteiger partial charge in [-0.2, -0.15) is 0 Å². The number of carbonyl (C=O) groups excluding carboxylic acids is 1. The zero-order chi connectivity index (χ0) is 19.2. The molecule has 0 aromatic rings. The summed E-state index contributed by atoms with van der Waals surface area (Å²) in [6.45, 7) is 14.0. The Bertz CT molecular complexity index is 320. The van der Waals surface area contributed by atoms with Gasteiger partial charge in [0.1, 0.15) is 6.29 Å². The monoisotopic (exact) mass is 370 g/mol. The first-order valence-electron chi connectivity index (χ1n) is 10.9. The summed E-state index contributed by atoms with van der Waals surface area (Å²) in [6, 6.07) is 0. The molecular formula is C22H46O2Si. The van der Waals surface area contributed by atoms with Gasteiger partial charge in [-0.05, 0) is 37.4 Å². The van der Waals surface area contributed by atoms with Crippen LogP contribution in [0.3, 0.4) is 0 Å². The van der Waals surface area contributed by atoms with E-state index >= 15 is 0 Å². The maximum Gasteiger partial charge on any atom is 0.192 e. The van der Waals surface area contributed by atoms with Gasteiger partial charge in [0, 0.05) is 12.5 Å². The lowest BCUT2D eigenvalue weighted by atomic mass is 10.0. The van der Waals surface area contributed by atoms with E-state index in [-0.39, 0.29) is 5.04 Å². The Hall–Kier alpha value is -0.153. The molecule has 0 aliphatic heterocycles. The number of hydrogen-bond acceptors (Lipinski definition) is 2. The third-order valence-corrected chi connectivity index (χ3v) is 10.3. The van der Waals surface area contributed by atoms with Crippen molar-refractivity contribution in [3.05, 3.63) is 0 Å². The van der Waals surface area contributed by atoms with Crippen LogP contribution in [-0.2, 0) is 9.22 Å². The molecule has 0 bridgehead atoms. The molecule has 0 radical (unpaired) electrons. The molecule has 0 saturated carbocycles. The van der Waals surface area contributed by atoms with E-state index in [2.05, 4.69) is 40.8 Å². The summed E-state index contributed by atoms with van der Waals surface area (Å²) in [6.07, 6.45) is 17.5. The molecule has 0 unspecified atom stereocenters. The van der Waals surface area contributed by atoms with Crippen LogP contribution in [0.25, 0.3) is 0 Å². The fourth-order valence-electron chi connectivity index (χ4n) is 2.96. The predicted molar refractivity (Wildman–Crippen MR) is 114 cm³/mol. The highest BCUT2D eigenvalue weighted by atomic mass is 28.4. The molecular weight excluding hydrogens is 324 g/mol. The van der Waals surface area contributed by atoms with Crippen molar-refractivity contribution in [1.29, 1.82) is 0 Å². The zero-order valence-electron chi connectivity index (χ0n) is 18.2. The summed E-state index contributed by atoms with van der Waals surface area (Å²) < 4.78 is 6.74. The molecule has 0 aliphatic carbocycles. The zero-order valence-corrected chi connectivity index (χ0v) is 19.2. The summed E-state index contributed by atoms with van der Waals surface area (Å²) in [5, 5.41) is 0.288. The first kappa shape index (κ1) is 24.8. The molecule has 25 heavy (non-hydrogen) atoms. The molecule has 150 valence electrons. The lowest BCUT2D eigenvalue weighted by Crippen LogP contribution is -2.44. The Balaban J connectivity index is 4.28. The third kappa shape index (κ3) is 12.8. The second-order valence-corrected chi connectivity index (χ2v) is 14.0. The van der Waals surface area contributed by atoms with Crippen LogP contribution >= 0.6 is 0 Å². The summed E-state index contributed by atoms with van der Waals surface area (Å²) in [7, 11) is -1.68. The van der Waals surface area contributed by atoms with Gasteiger partial charge in [-0.3, -0.25) is 0 Å². The van der Waals surface area contributed by atoms with Gasteiger partial charge >= 0.3 is 0 Å². The van der Waals surface area contributed by atoms with Gasteiger partial charge < -0.3 is 9.22 Å². The number of unbranched alkanes of at least 4 members (excludes halogenated alkanes) is 9. The van der Waals surface area contributed by atoms with Crippen LogP contribution in [0.4, 0.5) is 0 Å². The first-order chi connectivity index (χ1) is 11.7. The van der Waals surface area contributed by atoms with Crippen LogP contribution in [0, 0.1) is 0 Å². The molecule has 0 aromatic carbocycles. The van der Waals surface area contributed by atoms with Gasteiger partial charge in [-0.25, -0.2) is 0 Å². The lowest BCUT2D eigenvalue weighted by Gasteiger charge is -2.39. The molecule has 0 saturated heterocycles. The Kier molecular flexibility index (Phi) is 13.9. The minimum absolute atomic E-state index is 0.288. The SMILES string of the molecule is CCCCCCCC[C@@H](CCCCCCC=O)O[Si](C)(C)C(C)(C)C. The highest BCUT2D eigenvalue weighted by molar-refractivity contribution is 6.74. The first-order valence-corrected chi connectivity index (χ1v) is 13.8. The van der Waals surface area contributed by atoms with Crippen molar-refractivity contribution in [2.75, 3.05) is 0 Å². The fourth-order valence-corrected chi connectivity index (χ4v) is 4.38. The van der Waals surface area contributed by atoms with Gasteiger partial charge in [-0.1, -0.05) is 85.5 Å². The third-order valence-electron chi connectivity index (χ3n) is 5.75. The Morgan fingerprint density at radius 2 is 1.32 bits per heavy atom. The lowest BCUT2D eigenvalue weighted by molar-refractivity contribution is -0.107. The fraction of sp³-hybridized carbons (Fsp3) is 0.955. The Labute approximate surface area is 159 Å². The minimum Gasteiger partial charge on any atom is -0.414 e. The van der Waals surface area contributed by atoms with E-state index in [9.17, 15) is 4.79 Å². The van der Waals surface area contributed by atoms with Crippen LogP contribution in [0.2, 0.25) is 18.1 Å². The minimum atomic E-state index is -1.68. The molecule has 0 aromatic heterocycles. The predicted octanol–water partition coefficient (Wildman–Crippen LogP) is 7.67. The number of rotatable bonds is 16. The second kappa shape index (κ2) is 14.0. The highest BCUT2D eigenvalue weighted by Crippen LogP contribution is 2.38. The molecule has 2 nitrogen and oxygen atoms in total. The van der Waals surface area contributed by atoms with Gasteiger partial charge in [-0.15, -0.1) is 0 Å². The maximum atomic E-state index is 10.4. The standard InChI is InChI=1S/C22H46O2Si/c1-7-8-9-10-12-15-18-21(19-16-13-11-14-17-20-23)24-25(5,6)22(2,3)4/h20-21H,7-19H2,1-6H3/t21-/m0/s1. The topological polar surface area (TPSA) is 26.3 Å². The Morgan fingerprint density at radius 1 is 0.840 bits per heavy atom. The summed E-state index contributed by atoms with van der Waals surface area (Å²) in [5.74, 6) is 0. The molecule has 0 heterocycles. The van der Waals surface area contributed by atoms with Crippen molar-refractivity contribution < 1.29 is 9.22 Å². The van der Waals surface area contributed by atoms with Crippen LogP contribution in [0.15, 0.2) is 0 Å². The molecule has 1 atom stereocenters. The van der Waals surface area contributed by atoms with E-state index in [1.807, 2.05) is 0 Å². The Morgan fingerprint density at radius 3 is 1.80 bits per heavy atom. The van der Waals surface area contributed by atoms with Crippen molar-refractivity contribution in [3.63, 3.8) is 0 Å². The summed E-state index contributed by atoms with van der Waals surface area (Å²) >= 11 is 0. The van der Waals surface area contributed by atoms with Gasteiger partial charge in [0.15, 0.2) is 8.32 Å². The van der Waals surface area contributed by atoms with E-state index in [1.165, 1.54) is 70.6 Å². The van der Waals surface area contributed by atoms with Crippen molar-refractivity contribution in [3.8, 4) is 0 Å². The molecule has 0 rings (SSSR count). The largest absolute Gasteiger partial charge is 0.414 e. The average Bonchev–Trinajstić information content (AvgIpc) is 2.52. The number of hydrogen-bond donors (Lipinski definition) is 0. The van der Waals surface area contributed by atoms with Gasteiger partial charge in [0.2, 0.25) is 0 Å². The normalized spacial score (nSPS) is 13.8. The smallest absolute Gasteiger partial charge is 0.192 e. The van der Waals surface area contributed by atoms with Crippen LogP contribution < -0.4 is 0 Å². The average molecular weight is 371 g/mol.